The second-order valence-corrected chi connectivity index (χ2v) is 3.57. The predicted octanol–water partition coefficient (Wildman–Crippen LogP) is 2.26. The molecule has 90 valence electrons. The molecule has 0 fully saturated rings. The maximum absolute atomic E-state index is 13.9. The highest BCUT2D eigenvalue weighted by Crippen LogP contribution is 2.27. The highest BCUT2D eigenvalue weighted by Gasteiger charge is 2.22. The van der Waals surface area contributed by atoms with E-state index in [0.29, 0.717) is 5.56 Å². The first-order valence-electron chi connectivity index (χ1n) is 5.26. The van der Waals surface area contributed by atoms with E-state index in [4.69, 9.17) is 15.2 Å². The average Bonchev–Trinajstić information content (AvgIpc) is 2.30. The Labute approximate surface area is 95.4 Å². The van der Waals surface area contributed by atoms with Crippen molar-refractivity contribution in [2.45, 2.75) is 25.5 Å². The van der Waals surface area contributed by atoms with E-state index >= 15 is 0 Å². The first kappa shape index (κ1) is 12.9. The Balaban J connectivity index is 3.03. The second kappa shape index (κ2) is 5.82. The van der Waals surface area contributed by atoms with Crippen LogP contribution in [0.5, 0.6) is 5.75 Å². The van der Waals surface area contributed by atoms with Crippen LogP contribution < -0.4 is 10.5 Å². The molecule has 2 N–H and O–H groups in total. The van der Waals surface area contributed by atoms with Crippen molar-refractivity contribution in [2.24, 2.45) is 5.73 Å². The zero-order chi connectivity index (χ0) is 12.1. The first-order chi connectivity index (χ1) is 7.65. The zero-order valence-corrected chi connectivity index (χ0v) is 9.87. The summed E-state index contributed by atoms with van der Waals surface area (Å²) in [6.45, 7) is 1.95. The molecule has 0 saturated heterocycles. The number of rotatable bonds is 5. The van der Waals surface area contributed by atoms with Crippen molar-refractivity contribution in [3.8, 4) is 5.75 Å². The lowest BCUT2D eigenvalue weighted by atomic mass is 9.99. The van der Waals surface area contributed by atoms with Crippen LogP contribution in [0.1, 0.15) is 24.9 Å². The van der Waals surface area contributed by atoms with Crippen molar-refractivity contribution in [1.82, 2.24) is 0 Å². The Morgan fingerprint density at radius 3 is 2.56 bits per heavy atom. The van der Waals surface area contributed by atoms with Crippen LogP contribution in [0.25, 0.3) is 0 Å². The molecule has 1 aromatic rings. The molecule has 0 aromatic heterocycles. The molecule has 0 bridgehead atoms. The largest absolute Gasteiger partial charge is 0.494 e. The third-order valence-electron chi connectivity index (χ3n) is 2.68. The molecule has 0 amide bonds. The number of methoxy groups -OCH3 is 2. The summed E-state index contributed by atoms with van der Waals surface area (Å²) >= 11 is 0. The minimum Gasteiger partial charge on any atom is -0.494 e. The molecule has 0 aliphatic carbocycles. The maximum Gasteiger partial charge on any atom is 0.169 e. The summed E-state index contributed by atoms with van der Waals surface area (Å²) in [5.41, 5.74) is 6.39. The minimum atomic E-state index is -0.481. The fraction of sp³-hybridized carbons (Fsp3) is 0.500. The molecule has 0 heterocycles. The van der Waals surface area contributed by atoms with Crippen LogP contribution in [0, 0.1) is 5.82 Å². The SMILES string of the molecule is CCC(OC)C(N)c1cccc(OC)c1F. The van der Waals surface area contributed by atoms with Gasteiger partial charge in [-0.15, -0.1) is 0 Å². The van der Waals surface area contributed by atoms with Gasteiger partial charge in [-0.05, 0) is 12.5 Å². The molecule has 2 unspecified atom stereocenters. The van der Waals surface area contributed by atoms with Gasteiger partial charge in [0.1, 0.15) is 0 Å². The summed E-state index contributed by atoms with van der Waals surface area (Å²) < 4.78 is 24.0. The van der Waals surface area contributed by atoms with Crippen LogP contribution >= 0.6 is 0 Å². The third kappa shape index (κ3) is 2.51. The van der Waals surface area contributed by atoms with E-state index in [1.165, 1.54) is 7.11 Å². The maximum atomic E-state index is 13.9. The zero-order valence-electron chi connectivity index (χ0n) is 9.87. The standard InChI is InChI=1S/C12H18FNO2/c1-4-9(15-2)12(14)8-6-5-7-10(16-3)11(8)13/h5-7,9,12H,4,14H2,1-3H3. The highest BCUT2D eigenvalue weighted by atomic mass is 19.1. The molecule has 3 nitrogen and oxygen atoms in total. The lowest BCUT2D eigenvalue weighted by molar-refractivity contribution is 0.0760. The smallest absolute Gasteiger partial charge is 0.169 e. The molecule has 0 aliphatic heterocycles. The van der Waals surface area contributed by atoms with Gasteiger partial charge in [-0.25, -0.2) is 4.39 Å². The Hall–Kier alpha value is -1.13. The van der Waals surface area contributed by atoms with Gasteiger partial charge in [0, 0.05) is 12.7 Å². The van der Waals surface area contributed by atoms with Gasteiger partial charge in [-0.3, -0.25) is 0 Å². The fourth-order valence-electron chi connectivity index (χ4n) is 1.71. The Morgan fingerprint density at radius 1 is 1.38 bits per heavy atom. The molecule has 0 spiro atoms. The van der Waals surface area contributed by atoms with Gasteiger partial charge >= 0.3 is 0 Å². The fourth-order valence-corrected chi connectivity index (χ4v) is 1.71. The summed E-state index contributed by atoms with van der Waals surface area (Å²) in [5, 5.41) is 0. The van der Waals surface area contributed by atoms with Gasteiger partial charge in [0.2, 0.25) is 0 Å². The van der Waals surface area contributed by atoms with E-state index in [-0.39, 0.29) is 11.9 Å². The molecular weight excluding hydrogens is 209 g/mol. The van der Waals surface area contributed by atoms with Crippen molar-refractivity contribution in [1.29, 1.82) is 0 Å². The van der Waals surface area contributed by atoms with Crippen LogP contribution in [0.2, 0.25) is 0 Å². The van der Waals surface area contributed by atoms with Crippen LogP contribution in [-0.4, -0.2) is 20.3 Å². The van der Waals surface area contributed by atoms with Crippen molar-refractivity contribution in [3.05, 3.63) is 29.6 Å². The van der Waals surface area contributed by atoms with Crippen LogP contribution in [0.4, 0.5) is 4.39 Å². The minimum absolute atomic E-state index is 0.193. The van der Waals surface area contributed by atoms with Crippen LogP contribution in [0.15, 0.2) is 18.2 Å². The molecular formula is C12H18FNO2. The van der Waals surface area contributed by atoms with Gasteiger partial charge < -0.3 is 15.2 Å². The van der Waals surface area contributed by atoms with Crippen LogP contribution in [-0.2, 0) is 4.74 Å². The average molecular weight is 227 g/mol. The van der Waals surface area contributed by atoms with Crippen molar-refractivity contribution < 1.29 is 13.9 Å². The summed E-state index contributed by atoms with van der Waals surface area (Å²) in [6.07, 6.45) is 0.538. The quantitative estimate of drug-likeness (QED) is 0.839. The molecule has 1 rings (SSSR count). The Kier molecular flexibility index (Phi) is 4.71. The summed E-state index contributed by atoms with van der Waals surface area (Å²) in [5.74, 6) is -0.202. The molecule has 0 radical (unpaired) electrons. The van der Waals surface area contributed by atoms with Gasteiger partial charge in [0.05, 0.1) is 19.3 Å². The van der Waals surface area contributed by atoms with Gasteiger partial charge in [0.15, 0.2) is 11.6 Å². The first-order valence-corrected chi connectivity index (χ1v) is 5.26. The number of benzene rings is 1. The van der Waals surface area contributed by atoms with E-state index in [2.05, 4.69) is 0 Å². The Morgan fingerprint density at radius 2 is 2.06 bits per heavy atom. The van der Waals surface area contributed by atoms with Crippen molar-refractivity contribution >= 4 is 0 Å². The molecule has 4 heteroatoms. The van der Waals surface area contributed by atoms with Crippen molar-refractivity contribution in [2.75, 3.05) is 14.2 Å². The lowest BCUT2D eigenvalue weighted by Crippen LogP contribution is -2.28. The molecule has 0 aliphatic rings. The topological polar surface area (TPSA) is 44.5 Å². The second-order valence-electron chi connectivity index (χ2n) is 3.57. The van der Waals surface area contributed by atoms with E-state index < -0.39 is 11.9 Å². The Bertz CT molecular complexity index is 340. The summed E-state index contributed by atoms with van der Waals surface area (Å²) in [6, 6.07) is 4.47. The molecule has 1 aromatic carbocycles. The summed E-state index contributed by atoms with van der Waals surface area (Å²) in [4.78, 5) is 0. The number of hydrogen-bond donors (Lipinski definition) is 1. The van der Waals surface area contributed by atoms with Gasteiger partial charge in [0.25, 0.3) is 0 Å². The highest BCUT2D eigenvalue weighted by molar-refractivity contribution is 5.33. The lowest BCUT2D eigenvalue weighted by Gasteiger charge is -2.22. The van der Waals surface area contributed by atoms with Gasteiger partial charge in [-0.1, -0.05) is 19.1 Å². The molecule has 0 saturated carbocycles. The number of halogens is 1. The third-order valence-corrected chi connectivity index (χ3v) is 2.68. The van der Waals surface area contributed by atoms with E-state index in [9.17, 15) is 4.39 Å². The van der Waals surface area contributed by atoms with Gasteiger partial charge in [-0.2, -0.15) is 0 Å². The van der Waals surface area contributed by atoms with Crippen LogP contribution in [0.3, 0.4) is 0 Å². The van der Waals surface area contributed by atoms with Crippen molar-refractivity contribution in [3.63, 3.8) is 0 Å². The number of ether oxygens (including phenoxy) is 2. The molecule has 16 heavy (non-hydrogen) atoms. The number of nitrogens with two attached hydrogens (primary N) is 1. The van der Waals surface area contributed by atoms with E-state index in [1.54, 1.807) is 25.3 Å². The molecule has 2 atom stereocenters. The predicted molar refractivity (Wildman–Crippen MR) is 61.0 cm³/mol. The number of hydrogen-bond acceptors (Lipinski definition) is 3. The van der Waals surface area contributed by atoms with E-state index in [0.717, 1.165) is 6.42 Å². The normalized spacial score (nSPS) is 14.6. The monoisotopic (exact) mass is 227 g/mol. The van der Waals surface area contributed by atoms with E-state index in [1.807, 2.05) is 6.92 Å². The summed E-state index contributed by atoms with van der Waals surface area (Å²) in [7, 11) is 3.01.